The van der Waals surface area contributed by atoms with Gasteiger partial charge in [0.2, 0.25) is 11.8 Å². The Morgan fingerprint density at radius 2 is 1.81 bits per heavy atom. The van der Waals surface area contributed by atoms with Gasteiger partial charge in [0.05, 0.1) is 12.2 Å². The molecule has 1 heterocycles. The minimum atomic E-state index is -0.412. The lowest BCUT2D eigenvalue weighted by Crippen LogP contribution is -2.14. The van der Waals surface area contributed by atoms with Gasteiger partial charge in [-0.15, -0.1) is 0 Å². The van der Waals surface area contributed by atoms with Gasteiger partial charge in [-0.05, 0) is 41.7 Å². The van der Waals surface area contributed by atoms with Gasteiger partial charge in [0, 0.05) is 6.42 Å². The van der Waals surface area contributed by atoms with E-state index in [1.807, 2.05) is 12.1 Å². The number of hydrogen-bond acceptors (Lipinski definition) is 5. The maximum atomic E-state index is 9.79. The molecule has 5 nitrogen and oxygen atoms in total. The van der Waals surface area contributed by atoms with Crippen molar-refractivity contribution in [2.75, 3.05) is 0 Å². The van der Waals surface area contributed by atoms with Crippen molar-refractivity contribution in [1.82, 2.24) is 9.97 Å². The van der Waals surface area contributed by atoms with Gasteiger partial charge < -0.3 is 14.6 Å². The highest BCUT2D eigenvalue weighted by molar-refractivity contribution is 5.82. The van der Waals surface area contributed by atoms with Crippen LogP contribution in [0.2, 0.25) is 0 Å². The number of rotatable bonds is 5. The number of nitrogens with zero attached hydrogens (tertiary/aromatic N) is 2. The van der Waals surface area contributed by atoms with Gasteiger partial charge in [0.25, 0.3) is 0 Å². The van der Waals surface area contributed by atoms with Crippen molar-refractivity contribution < 1.29 is 14.6 Å². The van der Waals surface area contributed by atoms with Crippen LogP contribution in [0.4, 0.5) is 0 Å². The second-order valence-corrected chi connectivity index (χ2v) is 6.70. The maximum absolute atomic E-state index is 9.79. The van der Waals surface area contributed by atoms with Crippen LogP contribution in [-0.2, 0) is 6.61 Å². The average Bonchev–Trinajstić information content (AvgIpc) is 2.97. The summed E-state index contributed by atoms with van der Waals surface area (Å²) in [6.07, 6.45) is 2.24. The highest BCUT2D eigenvalue weighted by atomic mass is 16.5. The van der Waals surface area contributed by atoms with E-state index in [1.54, 1.807) is 6.07 Å². The molecule has 133 valence electrons. The van der Waals surface area contributed by atoms with Crippen molar-refractivity contribution >= 4 is 10.8 Å². The Kier molecular flexibility index (Phi) is 4.71. The molecule has 2 aromatic carbocycles. The van der Waals surface area contributed by atoms with Gasteiger partial charge in [-0.25, -0.2) is 9.97 Å². The molecule has 0 spiro atoms. The fourth-order valence-electron chi connectivity index (χ4n) is 3.27. The van der Waals surface area contributed by atoms with E-state index in [9.17, 15) is 5.11 Å². The van der Waals surface area contributed by atoms with Crippen LogP contribution in [-0.4, -0.2) is 27.3 Å². The average molecular weight is 349 g/mol. The summed E-state index contributed by atoms with van der Waals surface area (Å²) in [5.41, 5.74) is 1.07. The SMILES string of the molecule is [CH2][C@H]1C[C@@H](Oc2cc(OCc3ccc4ccccc4c3)ncn2)C[C@@H]1O. The predicted octanol–water partition coefficient (Wildman–Crippen LogP) is 3.56. The molecule has 26 heavy (non-hydrogen) atoms. The smallest absolute Gasteiger partial charge is 0.220 e. The summed E-state index contributed by atoms with van der Waals surface area (Å²) in [6, 6.07) is 16.2. The second-order valence-electron chi connectivity index (χ2n) is 6.70. The van der Waals surface area contributed by atoms with Gasteiger partial charge in [0.1, 0.15) is 19.0 Å². The number of ether oxygens (including phenoxy) is 2. The van der Waals surface area contributed by atoms with E-state index < -0.39 is 6.10 Å². The highest BCUT2D eigenvalue weighted by Crippen LogP contribution is 2.29. The fraction of sp³-hybridized carbons (Fsp3) is 0.286. The first-order chi connectivity index (χ1) is 12.7. The molecule has 1 radical (unpaired) electrons. The van der Waals surface area contributed by atoms with Crippen molar-refractivity contribution in [2.45, 2.75) is 31.7 Å². The minimum Gasteiger partial charge on any atom is -0.474 e. The minimum absolute atomic E-state index is 0.00506. The summed E-state index contributed by atoms with van der Waals surface area (Å²) < 4.78 is 11.6. The van der Waals surface area contributed by atoms with Crippen LogP contribution >= 0.6 is 0 Å². The first kappa shape index (κ1) is 16.8. The van der Waals surface area contributed by atoms with Crippen LogP contribution in [0.3, 0.4) is 0 Å². The Balaban J connectivity index is 1.40. The van der Waals surface area contributed by atoms with Gasteiger partial charge >= 0.3 is 0 Å². The van der Waals surface area contributed by atoms with Crippen LogP contribution in [0.1, 0.15) is 18.4 Å². The second kappa shape index (κ2) is 7.30. The van der Waals surface area contributed by atoms with Crippen LogP contribution in [0.15, 0.2) is 54.9 Å². The molecule has 1 saturated carbocycles. The number of aromatic nitrogens is 2. The van der Waals surface area contributed by atoms with Crippen LogP contribution in [0.25, 0.3) is 10.8 Å². The Morgan fingerprint density at radius 3 is 2.62 bits per heavy atom. The predicted molar refractivity (Wildman–Crippen MR) is 98.8 cm³/mol. The number of aliphatic hydroxyl groups excluding tert-OH is 1. The zero-order chi connectivity index (χ0) is 17.9. The van der Waals surface area contributed by atoms with Gasteiger partial charge in [0.15, 0.2) is 0 Å². The van der Waals surface area contributed by atoms with Gasteiger partial charge in [-0.2, -0.15) is 0 Å². The van der Waals surface area contributed by atoms with Crippen LogP contribution in [0.5, 0.6) is 11.8 Å². The molecule has 0 aliphatic heterocycles. The Bertz CT molecular complexity index is 889. The molecule has 3 aromatic rings. The quantitative estimate of drug-likeness (QED) is 0.763. The van der Waals surface area contributed by atoms with Crippen molar-refractivity contribution in [3.63, 3.8) is 0 Å². The molecule has 1 aromatic heterocycles. The molecule has 5 heteroatoms. The van der Waals surface area contributed by atoms with Crippen molar-refractivity contribution in [1.29, 1.82) is 0 Å². The largest absolute Gasteiger partial charge is 0.474 e. The number of fused-ring (bicyclic) bond motifs is 1. The summed E-state index contributed by atoms with van der Waals surface area (Å²) in [7, 11) is 0. The van der Waals surface area contributed by atoms with Crippen LogP contribution in [0, 0.1) is 12.8 Å². The van der Waals surface area contributed by atoms with E-state index in [0.717, 1.165) is 12.0 Å². The Labute approximate surface area is 152 Å². The van der Waals surface area contributed by atoms with Crippen LogP contribution < -0.4 is 9.47 Å². The molecule has 1 N–H and O–H groups in total. The van der Waals surface area contributed by atoms with E-state index in [0.29, 0.717) is 24.8 Å². The van der Waals surface area contributed by atoms with Crippen molar-refractivity contribution in [3.8, 4) is 11.8 Å². The highest BCUT2D eigenvalue weighted by Gasteiger charge is 2.31. The molecule has 1 aliphatic rings. The number of benzene rings is 2. The van der Waals surface area contributed by atoms with Gasteiger partial charge in [-0.1, -0.05) is 36.4 Å². The normalized spacial score (nSPS) is 22.5. The third-order valence-electron chi connectivity index (χ3n) is 4.72. The van der Waals surface area contributed by atoms with Gasteiger partial charge in [-0.3, -0.25) is 0 Å². The molecule has 1 aliphatic carbocycles. The molecular weight excluding hydrogens is 328 g/mol. The molecular formula is C21H21N2O3. The lowest BCUT2D eigenvalue weighted by molar-refractivity contribution is 0.134. The standard InChI is InChI=1S/C21H21N2O3/c1-14-8-18(10-19(14)24)26-21-11-20(22-13-23-21)25-12-15-6-7-16-4-2-3-5-17(16)9-15/h2-7,9,11,13-14,18-19,24H,1,8,10,12H2/t14-,18+,19-/m0/s1. The molecule has 0 saturated heterocycles. The third-order valence-corrected chi connectivity index (χ3v) is 4.72. The lowest BCUT2D eigenvalue weighted by Gasteiger charge is -2.13. The van der Waals surface area contributed by atoms with E-state index in [-0.39, 0.29) is 12.0 Å². The summed E-state index contributed by atoms with van der Waals surface area (Å²) in [5, 5.41) is 12.2. The van der Waals surface area contributed by atoms with Crippen molar-refractivity contribution in [3.05, 3.63) is 67.3 Å². The monoisotopic (exact) mass is 349 g/mol. The third kappa shape index (κ3) is 3.78. The zero-order valence-corrected chi connectivity index (χ0v) is 14.4. The van der Waals surface area contributed by atoms with E-state index >= 15 is 0 Å². The molecule has 4 rings (SSSR count). The molecule has 0 amide bonds. The molecule has 3 atom stereocenters. The zero-order valence-electron chi connectivity index (χ0n) is 14.4. The molecule has 1 fully saturated rings. The van der Waals surface area contributed by atoms with E-state index in [2.05, 4.69) is 47.2 Å². The number of aliphatic hydroxyl groups is 1. The van der Waals surface area contributed by atoms with E-state index in [1.165, 1.54) is 17.1 Å². The first-order valence-electron chi connectivity index (χ1n) is 8.78. The van der Waals surface area contributed by atoms with Crippen molar-refractivity contribution in [2.24, 2.45) is 5.92 Å². The fourth-order valence-corrected chi connectivity index (χ4v) is 3.27. The summed E-state index contributed by atoms with van der Waals surface area (Å²) in [6.45, 7) is 4.35. The summed E-state index contributed by atoms with van der Waals surface area (Å²) in [4.78, 5) is 8.28. The first-order valence-corrected chi connectivity index (χ1v) is 8.78. The summed E-state index contributed by atoms with van der Waals surface area (Å²) in [5.74, 6) is 0.929. The Hall–Kier alpha value is -2.66. The Morgan fingerprint density at radius 1 is 1.00 bits per heavy atom. The summed E-state index contributed by atoms with van der Waals surface area (Å²) >= 11 is 0. The number of hydrogen-bond donors (Lipinski definition) is 1. The molecule has 0 unspecified atom stereocenters. The lowest BCUT2D eigenvalue weighted by atomic mass is 10.1. The maximum Gasteiger partial charge on any atom is 0.220 e. The van der Waals surface area contributed by atoms with E-state index in [4.69, 9.17) is 9.47 Å². The topological polar surface area (TPSA) is 64.5 Å². The molecule has 0 bridgehead atoms.